The van der Waals surface area contributed by atoms with Gasteiger partial charge in [-0.3, -0.25) is 4.90 Å². The predicted octanol–water partition coefficient (Wildman–Crippen LogP) is 2.67. The Labute approximate surface area is 123 Å². The number of aryl methyl sites for hydroxylation is 1. The van der Waals surface area contributed by atoms with Gasteiger partial charge in [0.25, 0.3) is 0 Å². The van der Waals surface area contributed by atoms with Crippen LogP contribution in [0, 0.1) is 5.92 Å². The molecule has 2 heterocycles. The summed E-state index contributed by atoms with van der Waals surface area (Å²) in [6, 6.07) is 1.09. The van der Waals surface area contributed by atoms with Gasteiger partial charge >= 0.3 is 0 Å². The number of likely N-dealkylation sites (tertiary alicyclic amines) is 1. The first-order chi connectivity index (χ1) is 9.69. The van der Waals surface area contributed by atoms with Crippen LogP contribution in [-0.2, 0) is 6.54 Å². The fraction of sp³-hybridized carbons (Fsp3) is 0.812. The molecule has 20 heavy (non-hydrogen) atoms. The highest BCUT2D eigenvalue weighted by molar-refractivity contribution is 5.10. The van der Waals surface area contributed by atoms with Gasteiger partial charge in [0.1, 0.15) is 0 Å². The molecule has 1 fully saturated rings. The molecule has 1 aromatic heterocycles. The van der Waals surface area contributed by atoms with E-state index >= 15 is 0 Å². The second-order valence-corrected chi connectivity index (χ2v) is 6.25. The summed E-state index contributed by atoms with van der Waals surface area (Å²) in [4.78, 5) is 7.08. The van der Waals surface area contributed by atoms with Crippen LogP contribution in [0.4, 0.5) is 0 Å². The van der Waals surface area contributed by atoms with Crippen LogP contribution < -0.4 is 5.32 Å². The summed E-state index contributed by atoms with van der Waals surface area (Å²) in [6.45, 7) is 10.2. The first-order valence-electron chi connectivity index (χ1n) is 8.09. The van der Waals surface area contributed by atoms with Crippen LogP contribution in [0.2, 0.25) is 0 Å². The van der Waals surface area contributed by atoms with Crippen LogP contribution in [0.5, 0.6) is 0 Å². The highest BCUT2D eigenvalue weighted by Gasteiger charge is 2.35. The Morgan fingerprint density at radius 1 is 1.45 bits per heavy atom. The molecule has 0 aromatic carbocycles. The average molecular weight is 278 g/mol. The smallest absolute Gasteiger partial charge is 0.0948 e. The molecular weight excluding hydrogens is 248 g/mol. The molecule has 2 rings (SSSR count). The third kappa shape index (κ3) is 3.23. The molecule has 1 N–H and O–H groups in total. The summed E-state index contributed by atoms with van der Waals surface area (Å²) < 4.78 is 2.36. The maximum atomic E-state index is 4.42. The van der Waals surface area contributed by atoms with Gasteiger partial charge in [0.2, 0.25) is 0 Å². The van der Waals surface area contributed by atoms with E-state index in [1.165, 1.54) is 25.1 Å². The van der Waals surface area contributed by atoms with Crippen molar-refractivity contribution < 1.29 is 0 Å². The number of rotatable bonds is 6. The van der Waals surface area contributed by atoms with Crippen molar-refractivity contribution in [3.63, 3.8) is 0 Å². The molecule has 0 radical (unpaired) electrons. The molecule has 1 aliphatic rings. The van der Waals surface area contributed by atoms with Gasteiger partial charge in [-0.25, -0.2) is 4.98 Å². The zero-order chi connectivity index (χ0) is 14.5. The molecule has 1 aliphatic heterocycles. The third-order valence-electron chi connectivity index (χ3n) is 4.44. The maximum Gasteiger partial charge on any atom is 0.0948 e. The lowest BCUT2D eigenvalue weighted by Crippen LogP contribution is -2.46. The zero-order valence-corrected chi connectivity index (χ0v) is 13.5. The summed E-state index contributed by atoms with van der Waals surface area (Å²) >= 11 is 0. The van der Waals surface area contributed by atoms with E-state index in [1.54, 1.807) is 0 Å². The Balaban J connectivity index is 2.30. The van der Waals surface area contributed by atoms with Gasteiger partial charge in [0.05, 0.1) is 18.1 Å². The molecule has 1 aromatic rings. The standard InChI is InChI=1S/C16H30N4/c1-5-8-19-12-18-11-15(19)16-14(10-17-4)7-6-9-20(16)13(2)3/h11-14,16-17H,5-10H2,1-4H3. The second kappa shape index (κ2) is 7.23. The summed E-state index contributed by atoms with van der Waals surface area (Å²) in [5.74, 6) is 0.684. The molecule has 0 spiro atoms. The van der Waals surface area contributed by atoms with Gasteiger partial charge in [-0.2, -0.15) is 0 Å². The van der Waals surface area contributed by atoms with E-state index in [0.29, 0.717) is 18.0 Å². The average Bonchev–Trinajstić information content (AvgIpc) is 2.87. The first-order valence-corrected chi connectivity index (χ1v) is 8.09. The lowest BCUT2D eigenvalue weighted by atomic mass is 9.86. The lowest BCUT2D eigenvalue weighted by Gasteiger charge is -2.44. The fourth-order valence-electron chi connectivity index (χ4n) is 3.58. The van der Waals surface area contributed by atoms with E-state index < -0.39 is 0 Å². The third-order valence-corrected chi connectivity index (χ3v) is 4.44. The number of aromatic nitrogens is 2. The lowest BCUT2D eigenvalue weighted by molar-refractivity contribution is 0.0585. The molecule has 2 atom stereocenters. The van der Waals surface area contributed by atoms with Crippen LogP contribution in [-0.4, -0.2) is 40.6 Å². The van der Waals surface area contributed by atoms with Gasteiger partial charge in [0.15, 0.2) is 0 Å². The minimum Gasteiger partial charge on any atom is -0.333 e. The van der Waals surface area contributed by atoms with Crippen LogP contribution >= 0.6 is 0 Å². The Kier molecular flexibility index (Phi) is 5.61. The number of nitrogens with one attached hydrogen (secondary N) is 1. The van der Waals surface area contributed by atoms with E-state index in [2.05, 4.69) is 53.8 Å². The Morgan fingerprint density at radius 3 is 2.90 bits per heavy atom. The maximum absolute atomic E-state index is 4.42. The van der Waals surface area contributed by atoms with E-state index in [1.807, 2.05) is 6.33 Å². The van der Waals surface area contributed by atoms with Crippen molar-refractivity contribution in [2.75, 3.05) is 20.1 Å². The quantitative estimate of drug-likeness (QED) is 0.868. The largest absolute Gasteiger partial charge is 0.333 e. The molecule has 0 bridgehead atoms. The Hall–Kier alpha value is -0.870. The molecular formula is C16H30N4. The highest BCUT2D eigenvalue weighted by Crippen LogP contribution is 2.37. The zero-order valence-electron chi connectivity index (χ0n) is 13.5. The van der Waals surface area contributed by atoms with E-state index in [0.717, 1.165) is 19.5 Å². The van der Waals surface area contributed by atoms with Crippen molar-refractivity contribution in [3.8, 4) is 0 Å². The van der Waals surface area contributed by atoms with Crippen LogP contribution in [0.25, 0.3) is 0 Å². The summed E-state index contributed by atoms with van der Waals surface area (Å²) in [7, 11) is 2.06. The minimum absolute atomic E-state index is 0.505. The molecule has 2 unspecified atom stereocenters. The van der Waals surface area contributed by atoms with E-state index in [9.17, 15) is 0 Å². The first kappa shape index (κ1) is 15.5. The number of piperidine rings is 1. The highest BCUT2D eigenvalue weighted by atomic mass is 15.2. The van der Waals surface area contributed by atoms with Gasteiger partial charge in [0, 0.05) is 18.8 Å². The van der Waals surface area contributed by atoms with Crippen molar-refractivity contribution in [2.45, 2.75) is 58.7 Å². The molecule has 1 saturated heterocycles. The van der Waals surface area contributed by atoms with Gasteiger partial charge < -0.3 is 9.88 Å². The van der Waals surface area contributed by atoms with E-state index in [4.69, 9.17) is 0 Å². The van der Waals surface area contributed by atoms with Crippen LogP contribution in [0.15, 0.2) is 12.5 Å². The van der Waals surface area contributed by atoms with Crippen molar-refractivity contribution in [2.24, 2.45) is 5.92 Å². The van der Waals surface area contributed by atoms with Gasteiger partial charge in [-0.1, -0.05) is 6.92 Å². The monoisotopic (exact) mass is 278 g/mol. The Bertz CT molecular complexity index is 397. The fourth-order valence-corrected chi connectivity index (χ4v) is 3.58. The molecule has 0 aliphatic carbocycles. The van der Waals surface area contributed by atoms with Crippen LogP contribution in [0.3, 0.4) is 0 Å². The summed E-state index contributed by atoms with van der Waals surface area (Å²) in [6.07, 6.45) is 7.87. The summed E-state index contributed by atoms with van der Waals surface area (Å²) in [5.41, 5.74) is 1.40. The van der Waals surface area contributed by atoms with Gasteiger partial charge in [-0.05, 0) is 59.2 Å². The van der Waals surface area contributed by atoms with Crippen molar-refractivity contribution in [3.05, 3.63) is 18.2 Å². The van der Waals surface area contributed by atoms with Crippen molar-refractivity contribution >= 4 is 0 Å². The van der Waals surface area contributed by atoms with Gasteiger partial charge in [-0.15, -0.1) is 0 Å². The molecule has 0 saturated carbocycles. The molecule has 4 heteroatoms. The predicted molar refractivity (Wildman–Crippen MR) is 83.8 cm³/mol. The number of nitrogens with zero attached hydrogens (tertiary/aromatic N) is 3. The summed E-state index contributed by atoms with van der Waals surface area (Å²) in [5, 5.41) is 3.38. The molecule has 4 nitrogen and oxygen atoms in total. The van der Waals surface area contributed by atoms with E-state index in [-0.39, 0.29) is 0 Å². The minimum atomic E-state index is 0.505. The number of hydrogen-bond donors (Lipinski definition) is 1. The number of hydrogen-bond acceptors (Lipinski definition) is 3. The topological polar surface area (TPSA) is 33.1 Å². The normalized spacial score (nSPS) is 24.4. The molecule has 114 valence electrons. The number of imidazole rings is 1. The van der Waals surface area contributed by atoms with Crippen molar-refractivity contribution in [1.82, 2.24) is 19.8 Å². The molecule has 0 amide bonds. The SMILES string of the molecule is CCCn1cncc1C1C(CNC)CCCN1C(C)C. The second-order valence-electron chi connectivity index (χ2n) is 6.25. The Morgan fingerprint density at radius 2 is 2.25 bits per heavy atom. The van der Waals surface area contributed by atoms with Crippen molar-refractivity contribution in [1.29, 1.82) is 0 Å². The van der Waals surface area contributed by atoms with Crippen LogP contribution in [0.1, 0.15) is 51.8 Å².